The first-order valence-electron chi connectivity index (χ1n) is 8.93. The summed E-state index contributed by atoms with van der Waals surface area (Å²) in [5.41, 5.74) is 1.11. The van der Waals surface area contributed by atoms with Crippen molar-refractivity contribution in [2.75, 3.05) is 5.75 Å². The Bertz CT molecular complexity index is 978. The largest absolute Gasteiger partial charge is 0.483 e. The number of thioether (sulfide) groups is 1. The molecule has 0 N–H and O–H groups in total. The smallest absolute Gasteiger partial charge is 0.191 e. The van der Waals surface area contributed by atoms with Gasteiger partial charge in [0.25, 0.3) is 0 Å². The van der Waals surface area contributed by atoms with Gasteiger partial charge in [0.1, 0.15) is 5.75 Å². The van der Waals surface area contributed by atoms with Crippen molar-refractivity contribution in [2.24, 2.45) is 0 Å². The Morgan fingerprint density at radius 1 is 1.18 bits per heavy atom. The van der Waals surface area contributed by atoms with Crippen molar-refractivity contribution < 1.29 is 9.53 Å². The van der Waals surface area contributed by atoms with Crippen LogP contribution in [0.3, 0.4) is 0 Å². The Morgan fingerprint density at radius 3 is 2.54 bits per heavy atom. The van der Waals surface area contributed by atoms with E-state index in [-0.39, 0.29) is 17.6 Å². The Labute approximate surface area is 168 Å². The molecule has 0 spiro atoms. The maximum atomic E-state index is 12.4. The highest BCUT2D eigenvalue weighted by molar-refractivity contribution is 7.99. The number of para-hydroxylation sites is 1. The lowest BCUT2D eigenvalue weighted by atomic mass is 10.1. The summed E-state index contributed by atoms with van der Waals surface area (Å²) in [6.07, 6.45) is -0.265. The molecule has 1 heterocycles. The topological polar surface area (TPSA) is 80.8 Å². The number of nitriles is 1. The molecule has 1 aromatic heterocycles. The summed E-state index contributed by atoms with van der Waals surface area (Å²) in [7, 11) is 0. The zero-order valence-electron chi connectivity index (χ0n) is 15.7. The normalized spacial score (nSPS) is 11.6. The van der Waals surface area contributed by atoms with Gasteiger partial charge in [0.15, 0.2) is 22.9 Å². The van der Waals surface area contributed by atoms with Crippen LogP contribution in [0.15, 0.2) is 59.8 Å². The molecule has 0 fully saturated rings. The summed E-state index contributed by atoms with van der Waals surface area (Å²) >= 11 is 1.35. The highest BCUT2D eigenvalue weighted by Crippen LogP contribution is 2.25. The number of hydrogen-bond acceptors (Lipinski definition) is 6. The number of benzene rings is 2. The molecule has 142 valence electrons. The lowest BCUT2D eigenvalue weighted by Gasteiger charge is -2.15. The molecule has 0 amide bonds. The molecule has 0 saturated carbocycles. The van der Waals surface area contributed by atoms with Gasteiger partial charge in [0, 0.05) is 12.1 Å². The van der Waals surface area contributed by atoms with Crippen molar-refractivity contribution in [1.82, 2.24) is 14.8 Å². The zero-order valence-corrected chi connectivity index (χ0v) is 16.5. The molecule has 0 aliphatic rings. The highest BCUT2D eigenvalue weighted by Gasteiger charge is 2.19. The van der Waals surface area contributed by atoms with Crippen LogP contribution >= 0.6 is 11.8 Å². The van der Waals surface area contributed by atoms with Gasteiger partial charge in [-0.15, -0.1) is 10.2 Å². The van der Waals surface area contributed by atoms with Crippen LogP contribution in [0, 0.1) is 11.3 Å². The first-order chi connectivity index (χ1) is 13.6. The highest BCUT2D eigenvalue weighted by atomic mass is 32.2. The molecule has 2 aromatic carbocycles. The monoisotopic (exact) mass is 392 g/mol. The fourth-order valence-corrected chi connectivity index (χ4v) is 3.61. The number of nitrogens with zero attached hydrogens (tertiary/aromatic N) is 4. The molecule has 0 aliphatic heterocycles. The van der Waals surface area contributed by atoms with Crippen molar-refractivity contribution in [1.29, 1.82) is 5.26 Å². The van der Waals surface area contributed by atoms with E-state index in [0.717, 1.165) is 11.6 Å². The minimum absolute atomic E-state index is 0.0183. The number of Topliss-reactive ketones (excluding diaryl/α,β-unsaturated/α-hetero) is 1. The summed E-state index contributed by atoms with van der Waals surface area (Å²) in [4.78, 5) is 12.4. The van der Waals surface area contributed by atoms with Gasteiger partial charge in [-0.1, -0.05) is 42.1 Å². The summed E-state index contributed by atoms with van der Waals surface area (Å²) in [5.74, 6) is 1.72. The number of rotatable bonds is 8. The van der Waals surface area contributed by atoms with Gasteiger partial charge in [0.2, 0.25) is 0 Å². The Morgan fingerprint density at radius 2 is 1.89 bits per heavy atom. The third-order valence-electron chi connectivity index (χ3n) is 4.15. The molecule has 1 atom stereocenters. The quantitative estimate of drug-likeness (QED) is 0.420. The zero-order chi connectivity index (χ0) is 19.9. The first kappa shape index (κ1) is 19.6. The van der Waals surface area contributed by atoms with Crippen LogP contribution in [0.2, 0.25) is 0 Å². The van der Waals surface area contributed by atoms with Gasteiger partial charge in [-0.3, -0.25) is 4.79 Å². The lowest BCUT2D eigenvalue weighted by molar-refractivity contribution is 0.102. The Hall–Kier alpha value is -3.11. The van der Waals surface area contributed by atoms with Gasteiger partial charge in [-0.05, 0) is 38.1 Å². The Kier molecular flexibility index (Phi) is 6.45. The second-order valence-electron chi connectivity index (χ2n) is 6.06. The van der Waals surface area contributed by atoms with Crippen molar-refractivity contribution >= 4 is 17.5 Å². The third-order valence-corrected chi connectivity index (χ3v) is 5.12. The van der Waals surface area contributed by atoms with Gasteiger partial charge in [-0.2, -0.15) is 5.26 Å². The number of carbonyl (C=O) groups excluding carboxylic acids is 1. The van der Waals surface area contributed by atoms with E-state index < -0.39 is 0 Å². The first-order valence-corrected chi connectivity index (χ1v) is 9.92. The summed E-state index contributed by atoms with van der Waals surface area (Å²) in [6.45, 7) is 4.62. The van der Waals surface area contributed by atoms with Crippen molar-refractivity contribution in [3.8, 4) is 11.8 Å². The van der Waals surface area contributed by atoms with Crippen LogP contribution in [-0.4, -0.2) is 26.3 Å². The fraction of sp³-hybridized carbons (Fsp3) is 0.238. The molecule has 0 aliphatic carbocycles. The minimum atomic E-state index is -0.265. The molecule has 3 rings (SSSR count). The van der Waals surface area contributed by atoms with Gasteiger partial charge in [-0.25, -0.2) is 0 Å². The molecule has 7 heteroatoms. The molecule has 0 unspecified atom stereocenters. The maximum absolute atomic E-state index is 12.4. The molecular formula is C21H20N4O2S. The number of carbonyl (C=O) groups is 1. The van der Waals surface area contributed by atoms with Crippen LogP contribution in [0.5, 0.6) is 5.75 Å². The van der Waals surface area contributed by atoms with E-state index in [1.54, 1.807) is 24.3 Å². The Balaban J connectivity index is 1.67. The van der Waals surface area contributed by atoms with Crippen molar-refractivity contribution in [3.05, 3.63) is 71.5 Å². The molecule has 0 radical (unpaired) electrons. The molecule has 28 heavy (non-hydrogen) atoms. The second-order valence-corrected chi connectivity index (χ2v) is 7.00. The molecule has 3 aromatic rings. The summed E-state index contributed by atoms with van der Waals surface area (Å²) in [6, 6.07) is 18.3. The van der Waals surface area contributed by atoms with Gasteiger partial charge in [0.05, 0.1) is 17.4 Å². The second kappa shape index (κ2) is 9.20. The van der Waals surface area contributed by atoms with Crippen LogP contribution in [0.1, 0.15) is 41.7 Å². The average Bonchev–Trinajstić information content (AvgIpc) is 3.16. The summed E-state index contributed by atoms with van der Waals surface area (Å²) < 4.78 is 7.91. The molecule has 0 bridgehead atoms. The van der Waals surface area contributed by atoms with Crippen molar-refractivity contribution in [2.45, 2.75) is 31.7 Å². The summed E-state index contributed by atoms with van der Waals surface area (Å²) in [5, 5.41) is 18.1. The van der Waals surface area contributed by atoms with Crippen LogP contribution < -0.4 is 4.74 Å². The fourth-order valence-electron chi connectivity index (χ4n) is 2.70. The number of aromatic nitrogens is 3. The van der Waals surface area contributed by atoms with Gasteiger partial charge < -0.3 is 9.30 Å². The molecule has 6 nitrogen and oxygen atoms in total. The third kappa shape index (κ3) is 4.59. The van der Waals surface area contributed by atoms with Gasteiger partial charge >= 0.3 is 0 Å². The van der Waals surface area contributed by atoms with E-state index in [1.165, 1.54) is 11.8 Å². The van der Waals surface area contributed by atoms with E-state index in [1.807, 2.05) is 54.8 Å². The average molecular weight is 392 g/mol. The van der Waals surface area contributed by atoms with Crippen LogP contribution in [0.4, 0.5) is 0 Å². The standard InChI is InChI=1S/C21H20N4O2S/c1-3-25-20(15(2)27-18-7-5-4-6-8-18)23-24-21(25)28-14-19(26)17-11-9-16(13-22)10-12-17/h4-12,15H,3,14H2,1-2H3/t15-/m1/s1. The number of hydrogen-bond donors (Lipinski definition) is 0. The SMILES string of the molecule is CCn1c(SCC(=O)c2ccc(C#N)cc2)nnc1[C@@H](C)Oc1ccccc1. The predicted octanol–water partition coefficient (Wildman–Crippen LogP) is 4.28. The molecular weight excluding hydrogens is 372 g/mol. The number of ketones is 1. The van der Waals surface area contributed by atoms with E-state index in [9.17, 15) is 4.79 Å². The van der Waals surface area contributed by atoms with Crippen molar-refractivity contribution in [3.63, 3.8) is 0 Å². The minimum Gasteiger partial charge on any atom is -0.483 e. The predicted molar refractivity (Wildman–Crippen MR) is 107 cm³/mol. The lowest BCUT2D eigenvalue weighted by Crippen LogP contribution is -2.12. The number of ether oxygens (including phenoxy) is 1. The van der Waals surface area contributed by atoms with E-state index in [2.05, 4.69) is 10.2 Å². The van der Waals surface area contributed by atoms with E-state index in [4.69, 9.17) is 10.00 Å². The van der Waals surface area contributed by atoms with Crippen LogP contribution in [0.25, 0.3) is 0 Å². The molecule has 0 saturated heterocycles. The van der Waals surface area contributed by atoms with E-state index >= 15 is 0 Å². The van der Waals surface area contributed by atoms with E-state index in [0.29, 0.717) is 22.8 Å². The van der Waals surface area contributed by atoms with Crippen LogP contribution in [-0.2, 0) is 6.54 Å². The maximum Gasteiger partial charge on any atom is 0.191 e.